The molecule has 0 amide bonds. The molecule has 0 aromatic heterocycles. The van der Waals surface area contributed by atoms with Crippen LogP contribution in [0.15, 0.2) is 23.1 Å². The lowest BCUT2D eigenvalue weighted by molar-refractivity contribution is 0.245. The first kappa shape index (κ1) is 15.2. The van der Waals surface area contributed by atoms with Crippen LogP contribution in [0.25, 0.3) is 0 Å². The van der Waals surface area contributed by atoms with Gasteiger partial charge in [-0.05, 0) is 30.5 Å². The average molecular weight is 295 g/mol. The summed E-state index contributed by atoms with van der Waals surface area (Å²) in [5.74, 6) is -0.275. The zero-order valence-corrected chi connectivity index (χ0v) is 11.9. The molecular weight excluding hydrogens is 279 g/mol. The minimum absolute atomic E-state index is 0.0920. The normalized spacial score (nSPS) is 13.3. The summed E-state index contributed by atoms with van der Waals surface area (Å²) in [6, 6.07) is 3.29. The van der Waals surface area contributed by atoms with Crippen LogP contribution in [0, 0.1) is 11.7 Å². The fourth-order valence-corrected chi connectivity index (χ4v) is 2.58. The molecule has 0 spiro atoms. The summed E-state index contributed by atoms with van der Waals surface area (Å²) in [5.41, 5.74) is 0. The van der Waals surface area contributed by atoms with Crippen LogP contribution in [0.2, 0.25) is 0 Å². The highest BCUT2D eigenvalue weighted by molar-refractivity contribution is 8.13. The Morgan fingerprint density at radius 1 is 1.44 bits per heavy atom. The third-order valence-electron chi connectivity index (χ3n) is 2.47. The Balaban J connectivity index is 2.89. The molecule has 0 aliphatic carbocycles. The molecule has 1 unspecified atom stereocenters. The third kappa shape index (κ3) is 4.46. The predicted molar refractivity (Wildman–Crippen MR) is 69.0 cm³/mol. The van der Waals surface area contributed by atoms with Crippen molar-refractivity contribution in [1.82, 2.24) is 0 Å². The second kappa shape index (κ2) is 6.38. The molecule has 1 atom stereocenters. The maximum atomic E-state index is 13.0. The molecule has 0 heterocycles. The third-order valence-corrected chi connectivity index (χ3v) is 3.82. The van der Waals surface area contributed by atoms with Gasteiger partial charge in [0, 0.05) is 10.7 Å². The maximum absolute atomic E-state index is 13.0. The van der Waals surface area contributed by atoms with E-state index in [0.29, 0.717) is 12.5 Å². The topological polar surface area (TPSA) is 43.4 Å². The largest absolute Gasteiger partial charge is 0.492 e. The molecule has 0 bridgehead atoms. The molecule has 0 saturated carbocycles. The minimum Gasteiger partial charge on any atom is -0.492 e. The van der Waals surface area contributed by atoms with Crippen LogP contribution in [0.4, 0.5) is 4.39 Å². The van der Waals surface area contributed by atoms with E-state index in [2.05, 4.69) is 6.92 Å². The summed E-state index contributed by atoms with van der Waals surface area (Å²) >= 11 is 0. The molecular formula is C12H16ClFO3S. The molecule has 0 saturated heterocycles. The Hall–Kier alpha value is -0.810. The second-order valence-electron chi connectivity index (χ2n) is 4.23. The molecule has 6 heteroatoms. The molecule has 102 valence electrons. The standard InChI is InChI=1S/C12H16ClFO3S/c1-3-4-9(2)8-17-11-6-5-10(14)7-12(11)18(13,15)16/h5-7,9H,3-4,8H2,1-2H3. The number of hydrogen-bond acceptors (Lipinski definition) is 3. The Kier molecular flexibility index (Phi) is 5.41. The second-order valence-corrected chi connectivity index (χ2v) is 6.77. The van der Waals surface area contributed by atoms with Gasteiger partial charge in [-0.15, -0.1) is 0 Å². The molecule has 1 rings (SSSR count). The van der Waals surface area contributed by atoms with Gasteiger partial charge in [0.25, 0.3) is 9.05 Å². The van der Waals surface area contributed by atoms with Gasteiger partial charge < -0.3 is 4.74 Å². The van der Waals surface area contributed by atoms with Crippen molar-refractivity contribution in [3.63, 3.8) is 0 Å². The highest BCUT2D eigenvalue weighted by atomic mass is 35.7. The van der Waals surface area contributed by atoms with Gasteiger partial charge in [-0.1, -0.05) is 20.3 Å². The summed E-state index contributed by atoms with van der Waals surface area (Å²) in [7, 11) is 1.23. The van der Waals surface area contributed by atoms with E-state index in [-0.39, 0.29) is 10.6 Å². The zero-order chi connectivity index (χ0) is 13.8. The van der Waals surface area contributed by atoms with Gasteiger partial charge in [0.2, 0.25) is 0 Å². The molecule has 0 radical (unpaired) electrons. The number of ether oxygens (including phenoxy) is 1. The van der Waals surface area contributed by atoms with E-state index in [1.807, 2.05) is 6.92 Å². The van der Waals surface area contributed by atoms with Crippen molar-refractivity contribution in [3.05, 3.63) is 24.0 Å². The van der Waals surface area contributed by atoms with E-state index in [0.717, 1.165) is 25.0 Å². The zero-order valence-electron chi connectivity index (χ0n) is 10.3. The molecule has 1 aromatic rings. The lowest BCUT2D eigenvalue weighted by Gasteiger charge is -2.13. The van der Waals surface area contributed by atoms with Crippen LogP contribution in [0.3, 0.4) is 0 Å². The monoisotopic (exact) mass is 294 g/mol. The number of hydrogen-bond donors (Lipinski definition) is 0. The first-order chi connectivity index (χ1) is 8.34. The number of halogens is 2. The lowest BCUT2D eigenvalue weighted by Crippen LogP contribution is -2.10. The van der Waals surface area contributed by atoms with Crippen molar-refractivity contribution < 1.29 is 17.5 Å². The summed E-state index contributed by atoms with van der Waals surface area (Å²) < 4.78 is 41.0. The highest BCUT2D eigenvalue weighted by Crippen LogP contribution is 2.28. The Morgan fingerprint density at radius 3 is 2.67 bits per heavy atom. The van der Waals surface area contributed by atoms with Gasteiger partial charge in [-0.25, -0.2) is 12.8 Å². The molecule has 0 fully saturated rings. The van der Waals surface area contributed by atoms with E-state index in [4.69, 9.17) is 15.4 Å². The van der Waals surface area contributed by atoms with Crippen LogP contribution < -0.4 is 4.74 Å². The fourth-order valence-electron chi connectivity index (χ4n) is 1.60. The van der Waals surface area contributed by atoms with Gasteiger partial charge in [-0.2, -0.15) is 0 Å². The van der Waals surface area contributed by atoms with Crippen molar-refractivity contribution in [2.24, 2.45) is 5.92 Å². The van der Waals surface area contributed by atoms with Crippen molar-refractivity contribution in [2.75, 3.05) is 6.61 Å². The first-order valence-corrected chi connectivity index (χ1v) is 8.02. The van der Waals surface area contributed by atoms with E-state index in [9.17, 15) is 12.8 Å². The molecule has 1 aromatic carbocycles. The lowest BCUT2D eigenvalue weighted by atomic mass is 10.1. The van der Waals surface area contributed by atoms with Crippen molar-refractivity contribution in [1.29, 1.82) is 0 Å². The van der Waals surface area contributed by atoms with Crippen LogP contribution in [-0.2, 0) is 9.05 Å². The first-order valence-electron chi connectivity index (χ1n) is 5.71. The van der Waals surface area contributed by atoms with Crippen molar-refractivity contribution >= 4 is 19.7 Å². The molecule has 0 aliphatic heterocycles. The van der Waals surface area contributed by atoms with Gasteiger partial charge in [0.1, 0.15) is 16.5 Å². The Morgan fingerprint density at radius 2 is 2.11 bits per heavy atom. The Bertz CT molecular complexity index is 502. The van der Waals surface area contributed by atoms with E-state index >= 15 is 0 Å². The van der Waals surface area contributed by atoms with E-state index in [1.54, 1.807) is 0 Å². The molecule has 0 N–H and O–H groups in total. The van der Waals surface area contributed by atoms with Crippen LogP contribution in [0.1, 0.15) is 26.7 Å². The van der Waals surface area contributed by atoms with E-state index < -0.39 is 14.9 Å². The van der Waals surface area contributed by atoms with Crippen LogP contribution in [0.5, 0.6) is 5.75 Å². The van der Waals surface area contributed by atoms with Gasteiger partial charge in [0.15, 0.2) is 0 Å². The molecule has 18 heavy (non-hydrogen) atoms. The van der Waals surface area contributed by atoms with Crippen molar-refractivity contribution in [3.8, 4) is 5.75 Å². The predicted octanol–water partition coefficient (Wildman–Crippen LogP) is 3.57. The number of benzene rings is 1. The quantitative estimate of drug-likeness (QED) is 0.753. The summed E-state index contributed by atoms with van der Waals surface area (Å²) in [6.07, 6.45) is 2.00. The summed E-state index contributed by atoms with van der Waals surface area (Å²) in [5, 5.41) is 0. The fraction of sp³-hybridized carbons (Fsp3) is 0.500. The smallest absolute Gasteiger partial charge is 0.265 e. The van der Waals surface area contributed by atoms with Crippen LogP contribution in [-0.4, -0.2) is 15.0 Å². The Labute approximate surface area is 111 Å². The summed E-state index contributed by atoms with van der Waals surface area (Å²) in [4.78, 5) is -0.326. The van der Waals surface area contributed by atoms with E-state index in [1.165, 1.54) is 6.07 Å². The van der Waals surface area contributed by atoms with Crippen LogP contribution >= 0.6 is 10.7 Å². The minimum atomic E-state index is -4.01. The maximum Gasteiger partial charge on any atom is 0.265 e. The van der Waals surface area contributed by atoms with Gasteiger partial charge in [-0.3, -0.25) is 0 Å². The average Bonchev–Trinajstić information content (AvgIpc) is 2.26. The van der Waals surface area contributed by atoms with Gasteiger partial charge in [0.05, 0.1) is 6.61 Å². The summed E-state index contributed by atoms with van der Waals surface area (Å²) in [6.45, 7) is 4.43. The van der Waals surface area contributed by atoms with Gasteiger partial charge >= 0.3 is 0 Å². The SMILES string of the molecule is CCCC(C)COc1ccc(F)cc1S(=O)(=O)Cl. The molecule has 3 nitrogen and oxygen atoms in total. The van der Waals surface area contributed by atoms with Crippen molar-refractivity contribution in [2.45, 2.75) is 31.6 Å². The number of rotatable bonds is 6. The molecule has 0 aliphatic rings. The highest BCUT2D eigenvalue weighted by Gasteiger charge is 2.18.